The Balaban J connectivity index is 2.14. The molecule has 2 aromatic carbocycles. The molecule has 7 heteroatoms. The van der Waals surface area contributed by atoms with Crippen LogP contribution in [0.5, 0.6) is 5.75 Å². The molecule has 2 rings (SSSR count). The second kappa shape index (κ2) is 8.78. The number of amides is 1. The Hall–Kier alpha value is -2.18. The second-order valence-corrected chi connectivity index (χ2v) is 5.99. The summed E-state index contributed by atoms with van der Waals surface area (Å²) >= 11 is 6.24. The first-order chi connectivity index (χ1) is 11.9. The van der Waals surface area contributed by atoms with E-state index in [1.165, 1.54) is 18.2 Å². The van der Waals surface area contributed by atoms with Crippen LogP contribution in [0.4, 0.5) is 8.78 Å². The van der Waals surface area contributed by atoms with Gasteiger partial charge in [-0.25, -0.2) is 0 Å². The Labute approximate surface area is 150 Å². The predicted octanol–water partition coefficient (Wildman–Crippen LogP) is 3.97. The molecular weight excluding hydrogens is 350 g/mol. The Morgan fingerprint density at radius 1 is 1.16 bits per heavy atom. The van der Waals surface area contributed by atoms with Crippen molar-refractivity contribution < 1.29 is 18.3 Å². The molecule has 0 aliphatic carbocycles. The number of likely N-dealkylation sites (N-methyl/N-ethyl adjacent to an activating group) is 1. The lowest BCUT2D eigenvalue weighted by Crippen LogP contribution is -2.35. The highest BCUT2D eigenvalue weighted by Gasteiger charge is 2.20. The number of carbonyl (C=O) groups excluding carboxylic acids is 1. The third-order valence-electron chi connectivity index (χ3n) is 3.69. The number of hydrogen-bond acceptors (Lipinski definition) is 3. The van der Waals surface area contributed by atoms with Gasteiger partial charge in [0.15, 0.2) is 0 Å². The normalized spacial score (nSPS) is 12.3. The van der Waals surface area contributed by atoms with Gasteiger partial charge in [0.05, 0.1) is 11.6 Å². The molecule has 0 bridgehead atoms. The van der Waals surface area contributed by atoms with Crippen LogP contribution in [-0.4, -0.2) is 38.1 Å². The average molecular weight is 369 g/mol. The molecule has 0 spiro atoms. The lowest BCUT2D eigenvalue weighted by molar-refractivity contribution is -0.0501. The number of halogens is 3. The van der Waals surface area contributed by atoms with Crippen LogP contribution in [-0.2, 0) is 0 Å². The minimum absolute atomic E-state index is 0.0551. The van der Waals surface area contributed by atoms with Gasteiger partial charge >= 0.3 is 6.61 Å². The standard InChI is InChI=1S/C18H19ClF2N2O2/c1-23(2)15(12-7-3-5-9-14(12)19)11-22-17(24)13-8-4-6-10-16(13)25-18(20)21/h3-10,15,18H,11H2,1-2H3,(H,22,24). The van der Waals surface area contributed by atoms with Crippen molar-refractivity contribution in [3.05, 3.63) is 64.7 Å². The van der Waals surface area contributed by atoms with Gasteiger partial charge in [-0.3, -0.25) is 4.79 Å². The summed E-state index contributed by atoms with van der Waals surface area (Å²) in [6.07, 6.45) is 0. The van der Waals surface area contributed by atoms with Crippen molar-refractivity contribution in [1.29, 1.82) is 0 Å². The van der Waals surface area contributed by atoms with E-state index in [4.69, 9.17) is 11.6 Å². The SMILES string of the molecule is CN(C)C(CNC(=O)c1ccccc1OC(F)F)c1ccccc1Cl. The van der Waals surface area contributed by atoms with Crippen molar-refractivity contribution in [3.8, 4) is 5.75 Å². The summed E-state index contributed by atoms with van der Waals surface area (Å²) in [6, 6.07) is 13.1. The van der Waals surface area contributed by atoms with Crippen molar-refractivity contribution in [2.45, 2.75) is 12.7 Å². The number of carbonyl (C=O) groups is 1. The predicted molar refractivity (Wildman–Crippen MR) is 93.3 cm³/mol. The zero-order valence-corrected chi connectivity index (χ0v) is 14.6. The third kappa shape index (κ3) is 5.14. The van der Waals surface area contributed by atoms with E-state index in [9.17, 15) is 13.6 Å². The molecule has 0 radical (unpaired) electrons. The molecule has 0 saturated carbocycles. The van der Waals surface area contributed by atoms with Crippen molar-refractivity contribution >= 4 is 17.5 Å². The molecule has 1 amide bonds. The number of hydrogen-bond donors (Lipinski definition) is 1. The molecule has 0 heterocycles. The Morgan fingerprint density at radius 2 is 1.80 bits per heavy atom. The maximum atomic E-state index is 12.5. The number of nitrogens with one attached hydrogen (secondary N) is 1. The van der Waals surface area contributed by atoms with Crippen LogP contribution in [0.25, 0.3) is 0 Å². The molecule has 1 atom stereocenters. The van der Waals surface area contributed by atoms with E-state index in [1.807, 2.05) is 37.2 Å². The molecule has 2 aromatic rings. The minimum Gasteiger partial charge on any atom is -0.434 e. The highest BCUT2D eigenvalue weighted by molar-refractivity contribution is 6.31. The van der Waals surface area contributed by atoms with Crippen LogP contribution < -0.4 is 10.1 Å². The molecule has 134 valence electrons. The fraction of sp³-hybridized carbons (Fsp3) is 0.278. The van der Waals surface area contributed by atoms with Crippen LogP contribution >= 0.6 is 11.6 Å². The minimum atomic E-state index is -2.99. The average Bonchev–Trinajstić information content (AvgIpc) is 2.56. The first-order valence-electron chi connectivity index (χ1n) is 7.63. The van der Waals surface area contributed by atoms with Gasteiger partial charge in [-0.2, -0.15) is 8.78 Å². The molecule has 0 aliphatic rings. The largest absolute Gasteiger partial charge is 0.434 e. The van der Waals surface area contributed by atoms with E-state index in [1.54, 1.807) is 12.1 Å². The highest BCUT2D eigenvalue weighted by atomic mass is 35.5. The zero-order chi connectivity index (χ0) is 18.4. The summed E-state index contributed by atoms with van der Waals surface area (Å²) in [5, 5.41) is 3.35. The molecule has 1 N–H and O–H groups in total. The van der Waals surface area contributed by atoms with E-state index in [0.29, 0.717) is 5.02 Å². The Morgan fingerprint density at radius 3 is 2.44 bits per heavy atom. The number of benzene rings is 2. The van der Waals surface area contributed by atoms with E-state index < -0.39 is 12.5 Å². The number of ether oxygens (including phenoxy) is 1. The quantitative estimate of drug-likeness (QED) is 0.804. The molecular formula is C18H19ClF2N2O2. The van der Waals surface area contributed by atoms with Crippen LogP contribution in [0.3, 0.4) is 0 Å². The summed E-state index contributed by atoms with van der Waals surface area (Å²) in [7, 11) is 3.74. The maximum Gasteiger partial charge on any atom is 0.387 e. The Bertz CT molecular complexity index is 726. The maximum absolute atomic E-state index is 12.5. The highest BCUT2D eigenvalue weighted by Crippen LogP contribution is 2.26. The van der Waals surface area contributed by atoms with Crippen molar-refractivity contribution in [2.24, 2.45) is 0 Å². The molecule has 25 heavy (non-hydrogen) atoms. The van der Waals surface area contributed by atoms with E-state index in [2.05, 4.69) is 10.1 Å². The van der Waals surface area contributed by atoms with Gasteiger partial charge in [0.2, 0.25) is 0 Å². The Kier molecular flexibility index (Phi) is 6.73. The van der Waals surface area contributed by atoms with Crippen LogP contribution in [0, 0.1) is 0 Å². The third-order valence-corrected chi connectivity index (χ3v) is 4.04. The summed E-state index contributed by atoms with van der Waals surface area (Å²) < 4.78 is 29.3. The molecule has 0 fully saturated rings. The number of nitrogens with zero attached hydrogens (tertiary/aromatic N) is 1. The van der Waals surface area contributed by atoms with Crippen molar-refractivity contribution in [3.63, 3.8) is 0 Å². The van der Waals surface area contributed by atoms with Gasteiger partial charge in [-0.05, 0) is 37.9 Å². The number of rotatable bonds is 7. The smallest absolute Gasteiger partial charge is 0.387 e. The van der Waals surface area contributed by atoms with Crippen molar-refractivity contribution in [2.75, 3.05) is 20.6 Å². The molecule has 0 saturated heterocycles. The van der Waals surface area contributed by atoms with Gasteiger partial charge in [0.25, 0.3) is 5.91 Å². The van der Waals surface area contributed by atoms with Gasteiger partial charge < -0.3 is 15.0 Å². The number of alkyl halides is 2. The van der Waals surface area contributed by atoms with E-state index in [0.717, 1.165) is 5.56 Å². The van der Waals surface area contributed by atoms with Gasteiger partial charge in [-0.1, -0.05) is 41.9 Å². The van der Waals surface area contributed by atoms with Crippen LogP contribution in [0.15, 0.2) is 48.5 Å². The van der Waals surface area contributed by atoms with Crippen LogP contribution in [0.2, 0.25) is 5.02 Å². The fourth-order valence-corrected chi connectivity index (χ4v) is 2.72. The fourth-order valence-electron chi connectivity index (χ4n) is 2.45. The number of para-hydroxylation sites is 1. The van der Waals surface area contributed by atoms with Crippen LogP contribution in [0.1, 0.15) is 22.0 Å². The van der Waals surface area contributed by atoms with E-state index in [-0.39, 0.29) is 23.9 Å². The molecule has 4 nitrogen and oxygen atoms in total. The zero-order valence-electron chi connectivity index (χ0n) is 13.9. The van der Waals surface area contributed by atoms with Crippen molar-refractivity contribution in [1.82, 2.24) is 10.2 Å². The molecule has 1 unspecified atom stereocenters. The van der Waals surface area contributed by atoms with Gasteiger partial charge in [-0.15, -0.1) is 0 Å². The lowest BCUT2D eigenvalue weighted by atomic mass is 10.1. The molecule has 0 aliphatic heterocycles. The first-order valence-corrected chi connectivity index (χ1v) is 8.01. The summed E-state index contributed by atoms with van der Waals surface area (Å²) in [5.74, 6) is -0.649. The second-order valence-electron chi connectivity index (χ2n) is 5.59. The summed E-state index contributed by atoms with van der Waals surface area (Å²) in [6.45, 7) is -2.73. The summed E-state index contributed by atoms with van der Waals surface area (Å²) in [4.78, 5) is 14.3. The first kappa shape index (κ1) is 19.1. The summed E-state index contributed by atoms with van der Waals surface area (Å²) in [5.41, 5.74) is 0.922. The lowest BCUT2D eigenvalue weighted by Gasteiger charge is -2.26. The van der Waals surface area contributed by atoms with Gasteiger partial charge in [0.1, 0.15) is 5.75 Å². The van der Waals surface area contributed by atoms with Gasteiger partial charge in [0, 0.05) is 11.6 Å². The molecule has 0 aromatic heterocycles. The monoisotopic (exact) mass is 368 g/mol. The topological polar surface area (TPSA) is 41.6 Å². The van der Waals surface area contributed by atoms with E-state index >= 15 is 0 Å².